The van der Waals surface area contributed by atoms with Crippen molar-refractivity contribution in [1.29, 1.82) is 0 Å². The number of pyridine rings is 1. The molecule has 2 aromatic heterocycles. The lowest BCUT2D eigenvalue weighted by Crippen LogP contribution is -2.46. The van der Waals surface area contributed by atoms with Crippen molar-refractivity contribution in [3.05, 3.63) is 82.1 Å². The second-order valence-electron chi connectivity index (χ2n) is 8.13. The maximum atomic E-state index is 14.5. The van der Waals surface area contributed by atoms with Gasteiger partial charge in [-0.2, -0.15) is 0 Å². The Labute approximate surface area is 191 Å². The summed E-state index contributed by atoms with van der Waals surface area (Å²) in [4.78, 5) is 33.5. The maximum absolute atomic E-state index is 14.5. The first-order valence-corrected chi connectivity index (χ1v) is 11.7. The van der Waals surface area contributed by atoms with Crippen molar-refractivity contribution in [2.45, 2.75) is 51.1 Å². The summed E-state index contributed by atoms with van der Waals surface area (Å²) in [5.74, 6) is -0.941. The summed E-state index contributed by atoms with van der Waals surface area (Å²) < 4.78 is 14.5. The zero-order valence-electron chi connectivity index (χ0n) is 18.0. The quantitative estimate of drug-likeness (QED) is 0.552. The Morgan fingerprint density at radius 1 is 1.19 bits per heavy atom. The molecule has 7 heteroatoms. The molecule has 1 atom stereocenters. The Morgan fingerprint density at radius 2 is 1.94 bits per heavy atom. The lowest BCUT2D eigenvalue weighted by molar-refractivity contribution is -0.127. The van der Waals surface area contributed by atoms with Gasteiger partial charge in [-0.3, -0.25) is 19.5 Å². The molecule has 1 fully saturated rings. The molecule has 1 aromatic carbocycles. The summed E-state index contributed by atoms with van der Waals surface area (Å²) in [5.41, 5.74) is 1.48. The molecule has 0 bridgehead atoms. The Bertz CT molecular complexity index is 1070. The second kappa shape index (κ2) is 10.0. The van der Waals surface area contributed by atoms with Crippen LogP contribution < -0.4 is 10.2 Å². The highest BCUT2D eigenvalue weighted by Gasteiger charge is 2.34. The number of carbonyl (C=O) groups is 2. The number of nitrogens with zero attached hydrogens (tertiary/aromatic N) is 2. The van der Waals surface area contributed by atoms with Crippen molar-refractivity contribution >= 4 is 28.8 Å². The van der Waals surface area contributed by atoms with Gasteiger partial charge in [-0.05, 0) is 66.6 Å². The minimum atomic E-state index is -0.923. The predicted octanol–water partition coefficient (Wildman–Crippen LogP) is 4.97. The average molecular weight is 452 g/mol. The molecule has 0 spiro atoms. The fraction of sp³-hybridized carbons (Fsp3) is 0.320. The van der Waals surface area contributed by atoms with E-state index in [0.717, 1.165) is 30.6 Å². The molecule has 0 saturated heterocycles. The van der Waals surface area contributed by atoms with Crippen molar-refractivity contribution in [1.82, 2.24) is 10.3 Å². The Morgan fingerprint density at radius 3 is 2.59 bits per heavy atom. The van der Waals surface area contributed by atoms with Crippen LogP contribution in [0.2, 0.25) is 0 Å². The van der Waals surface area contributed by atoms with Gasteiger partial charge in [-0.15, -0.1) is 11.3 Å². The number of anilines is 1. The van der Waals surface area contributed by atoms with Crippen LogP contribution >= 0.6 is 11.3 Å². The van der Waals surface area contributed by atoms with Crippen LogP contribution in [0, 0.1) is 12.7 Å². The van der Waals surface area contributed by atoms with Gasteiger partial charge in [0.1, 0.15) is 11.9 Å². The average Bonchev–Trinajstić information content (AvgIpc) is 3.49. The van der Waals surface area contributed by atoms with Crippen LogP contribution in [0.5, 0.6) is 0 Å². The molecule has 2 amide bonds. The van der Waals surface area contributed by atoms with Crippen LogP contribution in [-0.2, 0) is 16.0 Å². The highest BCUT2D eigenvalue weighted by molar-refractivity contribution is 7.10. The molecule has 0 radical (unpaired) electrons. The first-order valence-electron chi connectivity index (χ1n) is 10.8. The Kier molecular flexibility index (Phi) is 6.95. The van der Waals surface area contributed by atoms with Crippen molar-refractivity contribution in [2.24, 2.45) is 0 Å². The standard InChI is InChI=1S/C25H26FN3O2S/c1-17-8-9-20(15-22(17)26)29(23(30)16-21-7-4-14-32-21)24(18-10-12-27-13-11-18)25(31)28-19-5-2-3-6-19/h4,7-15,19,24H,2-3,5-6,16H2,1H3,(H,28,31)/t24-/m0/s1. The van der Waals surface area contributed by atoms with Gasteiger partial charge in [0.25, 0.3) is 0 Å². The molecule has 1 aliphatic rings. The van der Waals surface area contributed by atoms with Crippen LogP contribution in [0.25, 0.3) is 0 Å². The summed E-state index contributed by atoms with van der Waals surface area (Å²) in [6.07, 6.45) is 7.34. The minimum Gasteiger partial charge on any atom is -0.351 e. The third kappa shape index (κ3) is 5.05. The van der Waals surface area contributed by atoms with Crippen molar-refractivity contribution in [3.8, 4) is 0 Å². The largest absolute Gasteiger partial charge is 0.351 e. The number of benzene rings is 1. The normalized spacial score (nSPS) is 14.8. The van der Waals surface area contributed by atoms with E-state index in [1.54, 1.807) is 43.6 Å². The van der Waals surface area contributed by atoms with Crippen molar-refractivity contribution in [2.75, 3.05) is 4.90 Å². The number of aryl methyl sites for hydroxylation is 1. The smallest absolute Gasteiger partial charge is 0.248 e. The SMILES string of the molecule is Cc1ccc(N(C(=O)Cc2cccs2)[C@H](C(=O)NC2CCCC2)c2ccncc2)cc1F. The van der Waals surface area contributed by atoms with E-state index in [1.165, 1.54) is 22.3 Å². The topological polar surface area (TPSA) is 62.3 Å². The van der Waals surface area contributed by atoms with Crippen molar-refractivity contribution in [3.63, 3.8) is 0 Å². The predicted molar refractivity (Wildman–Crippen MR) is 124 cm³/mol. The summed E-state index contributed by atoms with van der Waals surface area (Å²) in [6, 6.07) is 11.1. The molecular formula is C25H26FN3O2S. The molecule has 1 saturated carbocycles. The lowest BCUT2D eigenvalue weighted by atomic mass is 10.0. The van der Waals surface area contributed by atoms with E-state index in [4.69, 9.17) is 0 Å². The molecule has 1 N–H and O–H groups in total. The molecule has 166 valence electrons. The van der Waals surface area contributed by atoms with E-state index >= 15 is 0 Å². The van der Waals surface area contributed by atoms with E-state index in [9.17, 15) is 14.0 Å². The van der Waals surface area contributed by atoms with Crippen LogP contribution in [0.4, 0.5) is 10.1 Å². The van der Waals surface area contributed by atoms with E-state index in [1.807, 2.05) is 17.5 Å². The van der Waals surface area contributed by atoms with Crippen molar-refractivity contribution < 1.29 is 14.0 Å². The molecule has 0 unspecified atom stereocenters. The molecule has 5 nitrogen and oxygen atoms in total. The second-order valence-corrected chi connectivity index (χ2v) is 9.16. The summed E-state index contributed by atoms with van der Waals surface area (Å²) in [6.45, 7) is 1.67. The lowest BCUT2D eigenvalue weighted by Gasteiger charge is -2.32. The number of carbonyl (C=O) groups excluding carboxylic acids is 2. The molecule has 0 aliphatic heterocycles. The van der Waals surface area contributed by atoms with E-state index in [0.29, 0.717) is 16.8 Å². The number of rotatable bonds is 7. The maximum Gasteiger partial charge on any atom is 0.248 e. The number of aromatic nitrogens is 1. The molecular weight excluding hydrogens is 425 g/mol. The van der Waals surface area contributed by atoms with Crippen LogP contribution in [0.15, 0.2) is 60.2 Å². The summed E-state index contributed by atoms with van der Waals surface area (Å²) in [7, 11) is 0. The van der Waals surface area contributed by atoms with E-state index in [2.05, 4.69) is 10.3 Å². The number of hydrogen-bond donors (Lipinski definition) is 1. The zero-order chi connectivity index (χ0) is 22.5. The Balaban J connectivity index is 1.76. The number of thiophene rings is 1. The van der Waals surface area contributed by atoms with Crippen LogP contribution in [0.3, 0.4) is 0 Å². The number of halogens is 1. The minimum absolute atomic E-state index is 0.0934. The van der Waals surface area contributed by atoms with Gasteiger partial charge in [-0.25, -0.2) is 4.39 Å². The van der Waals surface area contributed by atoms with Gasteiger partial charge in [0, 0.05) is 29.0 Å². The van der Waals surface area contributed by atoms with Crippen LogP contribution in [-0.4, -0.2) is 22.8 Å². The molecule has 2 heterocycles. The highest BCUT2D eigenvalue weighted by Crippen LogP contribution is 2.31. The highest BCUT2D eigenvalue weighted by atomic mass is 32.1. The fourth-order valence-electron chi connectivity index (χ4n) is 4.13. The molecule has 4 rings (SSSR count). The monoisotopic (exact) mass is 451 g/mol. The van der Waals surface area contributed by atoms with Gasteiger partial charge < -0.3 is 5.32 Å². The molecule has 1 aliphatic carbocycles. The molecule has 32 heavy (non-hydrogen) atoms. The van der Waals surface area contributed by atoms with Gasteiger partial charge in [0.15, 0.2) is 0 Å². The first-order chi connectivity index (χ1) is 15.5. The van der Waals surface area contributed by atoms with Gasteiger partial charge >= 0.3 is 0 Å². The number of amides is 2. The molecule has 3 aromatic rings. The van der Waals surface area contributed by atoms with Gasteiger partial charge in [0.2, 0.25) is 11.8 Å². The third-order valence-electron chi connectivity index (χ3n) is 5.84. The van der Waals surface area contributed by atoms with E-state index < -0.39 is 11.9 Å². The van der Waals surface area contributed by atoms with Crippen LogP contribution in [0.1, 0.15) is 47.7 Å². The Hall–Kier alpha value is -3.06. The third-order valence-corrected chi connectivity index (χ3v) is 6.71. The number of nitrogens with one attached hydrogen (secondary N) is 1. The first kappa shape index (κ1) is 22.1. The summed E-state index contributed by atoms with van der Waals surface area (Å²) >= 11 is 1.48. The van der Waals surface area contributed by atoms with Gasteiger partial charge in [0.05, 0.1) is 6.42 Å². The zero-order valence-corrected chi connectivity index (χ0v) is 18.8. The fourth-order valence-corrected chi connectivity index (χ4v) is 4.83. The summed E-state index contributed by atoms with van der Waals surface area (Å²) in [5, 5.41) is 5.03. The van der Waals surface area contributed by atoms with E-state index in [-0.39, 0.29) is 24.3 Å². The number of hydrogen-bond acceptors (Lipinski definition) is 4. The van der Waals surface area contributed by atoms with Gasteiger partial charge in [-0.1, -0.05) is 25.0 Å².